The third kappa shape index (κ3) is 2.50. The molecule has 0 radical (unpaired) electrons. The number of nitrogens with one attached hydrogen (secondary N) is 1. The zero-order valence-corrected chi connectivity index (χ0v) is 6.87. The van der Waals surface area contributed by atoms with Crippen molar-refractivity contribution in [2.45, 2.75) is 0 Å². The lowest BCUT2D eigenvalue weighted by Gasteiger charge is -1.76. The second-order valence-electron chi connectivity index (χ2n) is 1.66. The van der Waals surface area contributed by atoms with Crippen molar-refractivity contribution in [2.75, 3.05) is 0 Å². The highest BCUT2D eigenvalue weighted by Crippen LogP contribution is 2.01. The molecule has 11 heavy (non-hydrogen) atoms. The predicted molar refractivity (Wildman–Crippen MR) is 40.8 cm³/mol. The topological polar surface area (TPSA) is 78.9 Å². The van der Waals surface area contributed by atoms with Gasteiger partial charge in [-0.15, -0.1) is 0 Å². The largest absolute Gasteiger partial charge is 0.478 e. The molecule has 2 N–H and O–H groups in total. The van der Waals surface area contributed by atoms with Crippen molar-refractivity contribution in [2.24, 2.45) is 0 Å². The molecule has 1 rings (SSSR count). The summed E-state index contributed by atoms with van der Waals surface area (Å²) < 4.78 is 0.475. The van der Waals surface area contributed by atoms with E-state index in [9.17, 15) is 4.79 Å². The second-order valence-corrected chi connectivity index (χ2v) is 2.41. The standard InChI is InChI=1S/C5H4BrN3O2/c6-5-7-3(8-9-5)1-2-4(10)11/h1-2H,(H,10,11)(H,7,8,9)/b2-1-. The van der Waals surface area contributed by atoms with E-state index >= 15 is 0 Å². The van der Waals surface area contributed by atoms with E-state index in [2.05, 4.69) is 31.1 Å². The van der Waals surface area contributed by atoms with E-state index in [1.165, 1.54) is 6.08 Å². The predicted octanol–water partition coefficient (Wildman–Crippen LogP) is 0.665. The summed E-state index contributed by atoms with van der Waals surface area (Å²) in [5.74, 6) is -0.690. The fraction of sp³-hybridized carbons (Fsp3) is 0. The van der Waals surface area contributed by atoms with Gasteiger partial charge in [0.05, 0.1) is 0 Å². The van der Waals surface area contributed by atoms with Gasteiger partial charge in [-0.3, -0.25) is 5.10 Å². The third-order valence-electron chi connectivity index (χ3n) is 0.850. The number of halogens is 1. The minimum Gasteiger partial charge on any atom is -0.478 e. The van der Waals surface area contributed by atoms with Crippen LogP contribution in [0.15, 0.2) is 10.8 Å². The van der Waals surface area contributed by atoms with Gasteiger partial charge in [0.25, 0.3) is 0 Å². The van der Waals surface area contributed by atoms with E-state index in [1.807, 2.05) is 0 Å². The zero-order valence-electron chi connectivity index (χ0n) is 5.28. The van der Waals surface area contributed by atoms with Crippen LogP contribution in [0.25, 0.3) is 6.08 Å². The highest BCUT2D eigenvalue weighted by Gasteiger charge is 1.95. The SMILES string of the molecule is O=C(O)/C=C\c1n[nH]c(Br)n1. The number of hydrogen-bond donors (Lipinski definition) is 2. The van der Waals surface area contributed by atoms with Crippen molar-refractivity contribution in [3.8, 4) is 0 Å². The Hall–Kier alpha value is -1.17. The average molecular weight is 218 g/mol. The van der Waals surface area contributed by atoms with Crippen LogP contribution < -0.4 is 0 Å². The Kier molecular flexibility index (Phi) is 2.37. The Morgan fingerprint density at radius 2 is 2.45 bits per heavy atom. The van der Waals surface area contributed by atoms with Gasteiger partial charge < -0.3 is 5.11 Å². The molecule has 0 aliphatic carbocycles. The fourth-order valence-corrected chi connectivity index (χ4v) is 0.745. The first-order chi connectivity index (χ1) is 5.18. The van der Waals surface area contributed by atoms with Crippen molar-refractivity contribution in [3.05, 3.63) is 16.6 Å². The molecule has 0 aromatic carbocycles. The number of carbonyl (C=O) groups is 1. The first-order valence-electron chi connectivity index (χ1n) is 2.67. The summed E-state index contributed by atoms with van der Waals surface area (Å²) in [5.41, 5.74) is 0. The molecule has 0 fully saturated rings. The van der Waals surface area contributed by atoms with Gasteiger partial charge in [-0.2, -0.15) is 5.10 Å². The first-order valence-corrected chi connectivity index (χ1v) is 3.46. The highest BCUT2D eigenvalue weighted by atomic mass is 79.9. The van der Waals surface area contributed by atoms with Crippen LogP contribution in [0, 0.1) is 0 Å². The molecule has 1 heterocycles. The van der Waals surface area contributed by atoms with Crippen LogP contribution in [0.5, 0.6) is 0 Å². The van der Waals surface area contributed by atoms with E-state index in [0.29, 0.717) is 10.6 Å². The van der Waals surface area contributed by atoms with Crippen LogP contribution >= 0.6 is 15.9 Å². The Morgan fingerprint density at radius 3 is 2.91 bits per heavy atom. The lowest BCUT2D eigenvalue weighted by molar-refractivity contribution is -0.131. The zero-order chi connectivity index (χ0) is 8.27. The molecule has 1 aromatic rings. The number of hydrogen-bond acceptors (Lipinski definition) is 3. The summed E-state index contributed by atoms with van der Waals surface area (Å²) in [4.78, 5) is 13.8. The van der Waals surface area contributed by atoms with Crippen molar-refractivity contribution in [3.63, 3.8) is 0 Å². The molecule has 0 unspecified atom stereocenters. The van der Waals surface area contributed by atoms with Gasteiger partial charge in [0, 0.05) is 6.08 Å². The van der Waals surface area contributed by atoms with Crippen molar-refractivity contribution in [1.29, 1.82) is 0 Å². The van der Waals surface area contributed by atoms with E-state index in [-0.39, 0.29) is 0 Å². The normalized spacial score (nSPS) is 10.6. The molecule has 0 saturated carbocycles. The molecule has 0 saturated heterocycles. The van der Waals surface area contributed by atoms with Gasteiger partial charge in [0.15, 0.2) is 10.6 Å². The van der Waals surface area contributed by atoms with Crippen LogP contribution in [0.2, 0.25) is 0 Å². The summed E-state index contributed by atoms with van der Waals surface area (Å²) in [7, 11) is 0. The molecule has 0 spiro atoms. The number of nitrogens with zero attached hydrogens (tertiary/aromatic N) is 2. The van der Waals surface area contributed by atoms with Crippen molar-refractivity contribution >= 4 is 28.0 Å². The Labute approximate surface area is 70.3 Å². The maximum absolute atomic E-state index is 10.0. The van der Waals surface area contributed by atoms with Gasteiger partial charge in [-0.25, -0.2) is 9.78 Å². The van der Waals surface area contributed by atoms with Crippen molar-refractivity contribution in [1.82, 2.24) is 15.2 Å². The van der Waals surface area contributed by atoms with Gasteiger partial charge in [-0.05, 0) is 22.0 Å². The number of carboxylic acids is 1. The van der Waals surface area contributed by atoms with Gasteiger partial charge >= 0.3 is 5.97 Å². The number of carboxylic acid groups (broad SMARTS) is 1. The summed E-state index contributed by atoms with van der Waals surface area (Å²) in [6.45, 7) is 0. The third-order valence-corrected chi connectivity index (χ3v) is 1.21. The maximum atomic E-state index is 10.0. The average Bonchev–Trinajstić information content (AvgIpc) is 2.31. The Balaban J connectivity index is 2.71. The van der Waals surface area contributed by atoms with E-state index in [4.69, 9.17) is 5.11 Å². The summed E-state index contributed by atoms with van der Waals surface area (Å²) in [6, 6.07) is 0. The number of aromatic nitrogens is 3. The number of rotatable bonds is 2. The van der Waals surface area contributed by atoms with Crippen LogP contribution in [0.3, 0.4) is 0 Å². The molecule has 6 heteroatoms. The molecule has 0 bridgehead atoms. The molecule has 0 atom stereocenters. The summed E-state index contributed by atoms with van der Waals surface area (Å²) in [6.07, 6.45) is 2.26. The number of H-pyrrole nitrogens is 1. The molecular weight excluding hydrogens is 214 g/mol. The maximum Gasteiger partial charge on any atom is 0.328 e. The van der Waals surface area contributed by atoms with Gasteiger partial charge in [0.2, 0.25) is 0 Å². The molecule has 0 amide bonds. The van der Waals surface area contributed by atoms with E-state index in [0.717, 1.165) is 6.08 Å². The van der Waals surface area contributed by atoms with E-state index in [1.54, 1.807) is 0 Å². The minimum absolute atomic E-state index is 0.333. The number of aliphatic carboxylic acids is 1. The molecule has 5 nitrogen and oxygen atoms in total. The van der Waals surface area contributed by atoms with Gasteiger partial charge in [-0.1, -0.05) is 0 Å². The molecule has 58 valence electrons. The second kappa shape index (κ2) is 3.29. The summed E-state index contributed by atoms with van der Waals surface area (Å²) >= 11 is 3.03. The first kappa shape index (κ1) is 7.93. The highest BCUT2D eigenvalue weighted by molar-refractivity contribution is 9.10. The lowest BCUT2D eigenvalue weighted by Crippen LogP contribution is -1.86. The monoisotopic (exact) mass is 217 g/mol. The lowest BCUT2D eigenvalue weighted by atomic mass is 10.5. The molecule has 1 aromatic heterocycles. The molecule has 0 aliphatic rings. The fourth-order valence-electron chi connectivity index (χ4n) is 0.474. The summed E-state index contributed by atoms with van der Waals surface area (Å²) in [5, 5.41) is 14.4. The van der Waals surface area contributed by atoms with E-state index < -0.39 is 5.97 Å². The Bertz CT molecular complexity index is 294. The number of aromatic amines is 1. The smallest absolute Gasteiger partial charge is 0.328 e. The molecular formula is C5H4BrN3O2. The van der Waals surface area contributed by atoms with Crippen LogP contribution in [-0.4, -0.2) is 26.3 Å². The van der Waals surface area contributed by atoms with Crippen LogP contribution in [0.1, 0.15) is 5.82 Å². The van der Waals surface area contributed by atoms with Crippen LogP contribution in [-0.2, 0) is 4.79 Å². The van der Waals surface area contributed by atoms with Crippen LogP contribution in [0.4, 0.5) is 0 Å². The van der Waals surface area contributed by atoms with Gasteiger partial charge in [0.1, 0.15) is 0 Å². The molecule has 0 aliphatic heterocycles. The quantitative estimate of drug-likeness (QED) is 0.714. The Morgan fingerprint density at radius 1 is 1.73 bits per heavy atom. The minimum atomic E-state index is -1.02. The van der Waals surface area contributed by atoms with Crippen molar-refractivity contribution < 1.29 is 9.90 Å².